The van der Waals surface area contributed by atoms with Crippen LogP contribution in [0, 0.1) is 0 Å². The second-order valence-corrected chi connectivity index (χ2v) is 4.85. The number of benzene rings is 2. The first-order valence-corrected chi connectivity index (χ1v) is 6.75. The fourth-order valence-electron chi connectivity index (χ4n) is 2.50. The predicted molar refractivity (Wildman–Crippen MR) is 80.3 cm³/mol. The lowest BCUT2D eigenvalue weighted by atomic mass is 10.0. The van der Waals surface area contributed by atoms with Gasteiger partial charge in [0.05, 0.1) is 19.8 Å². The minimum atomic E-state index is -0.733. The zero-order chi connectivity index (χ0) is 15.7. The van der Waals surface area contributed by atoms with E-state index in [1.54, 1.807) is 43.5 Å². The third kappa shape index (κ3) is 2.23. The SMILES string of the molecule is COc1ccc(C2Nc3ccccc3C(=O)N2O)c(OC)c1. The predicted octanol–water partition coefficient (Wildman–Crippen LogP) is 2.66. The Hall–Kier alpha value is -2.73. The minimum absolute atomic E-state index is 0.425. The fourth-order valence-corrected chi connectivity index (χ4v) is 2.50. The number of anilines is 1. The summed E-state index contributed by atoms with van der Waals surface area (Å²) < 4.78 is 10.5. The summed E-state index contributed by atoms with van der Waals surface area (Å²) in [5.41, 5.74) is 1.73. The molecule has 0 spiro atoms. The topological polar surface area (TPSA) is 71.0 Å². The van der Waals surface area contributed by atoms with E-state index in [4.69, 9.17) is 9.47 Å². The van der Waals surface area contributed by atoms with Gasteiger partial charge in [-0.15, -0.1) is 0 Å². The Morgan fingerprint density at radius 2 is 1.91 bits per heavy atom. The molecule has 3 rings (SSSR count). The lowest BCUT2D eigenvalue weighted by molar-refractivity contribution is -0.0855. The average molecular weight is 300 g/mol. The molecule has 1 aliphatic rings. The molecule has 114 valence electrons. The number of amides is 1. The molecular formula is C16H16N2O4. The summed E-state index contributed by atoms with van der Waals surface area (Å²) in [7, 11) is 3.09. The van der Waals surface area contributed by atoms with Crippen LogP contribution in [0.2, 0.25) is 0 Å². The molecule has 0 saturated heterocycles. The van der Waals surface area contributed by atoms with Gasteiger partial charge in [-0.2, -0.15) is 5.06 Å². The number of rotatable bonds is 3. The third-order valence-electron chi connectivity index (χ3n) is 3.64. The van der Waals surface area contributed by atoms with Crippen molar-refractivity contribution in [3.05, 3.63) is 53.6 Å². The molecule has 0 fully saturated rings. The van der Waals surface area contributed by atoms with Gasteiger partial charge >= 0.3 is 0 Å². The molecule has 1 atom stereocenters. The first-order chi connectivity index (χ1) is 10.7. The van der Waals surface area contributed by atoms with Gasteiger partial charge < -0.3 is 14.8 Å². The van der Waals surface area contributed by atoms with Crippen molar-refractivity contribution in [3.63, 3.8) is 0 Å². The van der Waals surface area contributed by atoms with E-state index in [0.29, 0.717) is 33.4 Å². The number of nitrogens with one attached hydrogen (secondary N) is 1. The number of hydrogen-bond donors (Lipinski definition) is 2. The second-order valence-electron chi connectivity index (χ2n) is 4.85. The van der Waals surface area contributed by atoms with Crippen molar-refractivity contribution < 1.29 is 19.5 Å². The van der Waals surface area contributed by atoms with Crippen molar-refractivity contribution in [2.24, 2.45) is 0 Å². The van der Waals surface area contributed by atoms with Gasteiger partial charge in [0.15, 0.2) is 6.17 Å². The monoisotopic (exact) mass is 300 g/mol. The molecule has 0 aromatic heterocycles. The molecule has 1 unspecified atom stereocenters. The van der Waals surface area contributed by atoms with Gasteiger partial charge in [0, 0.05) is 17.3 Å². The lowest BCUT2D eigenvalue weighted by Crippen LogP contribution is -2.40. The van der Waals surface area contributed by atoms with Crippen LogP contribution in [0.15, 0.2) is 42.5 Å². The van der Waals surface area contributed by atoms with Gasteiger partial charge in [0.2, 0.25) is 0 Å². The number of hydrogen-bond acceptors (Lipinski definition) is 5. The maximum Gasteiger partial charge on any atom is 0.281 e. The van der Waals surface area contributed by atoms with Crippen LogP contribution < -0.4 is 14.8 Å². The first-order valence-electron chi connectivity index (χ1n) is 6.75. The average Bonchev–Trinajstić information content (AvgIpc) is 2.57. The smallest absolute Gasteiger partial charge is 0.281 e. The van der Waals surface area contributed by atoms with Gasteiger partial charge in [0.1, 0.15) is 11.5 Å². The second kappa shape index (κ2) is 5.57. The molecule has 2 aromatic carbocycles. The van der Waals surface area contributed by atoms with E-state index >= 15 is 0 Å². The van der Waals surface area contributed by atoms with Gasteiger partial charge in [-0.05, 0) is 24.3 Å². The number of carbonyl (C=O) groups excluding carboxylic acids is 1. The molecule has 1 aliphatic heterocycles. The largest absolute Gasteiger partial charge is 0.497 e. The molecule has 1 heterocycles. The molecule has 0 bridgehead atoms. The van der Waals surface area contributed by atoms with Crippen LogP contribution in [-0.2, 0) is 0 Å². The molecule has 22 heavy (non-hydrogen) atoms. The van der Waals surface area contributed by atoms with Crippen molar-refractivity contribution in [3.8, 4) is 11.5 Å². The molecule has 6 heteroatoms. The summed E-state index contributed by atoms with van der Waals surface area (Å²) >= 11 is 0. The summed E-state index contributed by atoms with van der Waals surface area (Å²) in [4.78, 5) is 12.3. The maximum absolute atomic E-state index is 12.3. The maximum atomic E-state index is 12.3. The van der Waals surface area contributed by atoms with E-state index in [1.165, 1.54) is 7.11 Å². The van der Waals surface area contributed by atoms with Gasteiger partial charge in [0.25, 0.3) is 5.91 Å². The van der Waals surface area contributed by atoms with E-state index in [1.807, 2.05) is 6.07 Å². The van der Waals surface area contributed by atoms with Crippen molar-refractivity contribution in [2.45, 2.75) is 6.17 Å². The minimum Gasteiger partial charge on any atom is -0.497 e. The molecule has 0 radical (unpaired) electrons. The van der Waals surface area contributed by atoms with Crippen molar-refractivity contribution in [2.75, 3.05) is 19.5 Å². The highest BCUT2D eigenvalue weighted by Gasteiger charge is 2.33. The van der Waals surface area contributed by atoms with E-state index < -0.39 is 12.1 Å². The highest BCUT2D eigenvalue weighted by molar-refractivity contribution is 6.01. The number of methoxy groups -OCH3 is 2. The van der Waals surface area contributed by atoms with Crippen molar-refractivity contribution >= 4 is 11.6 Å². The molecule has 1 amide bonds. The van der Waals surface area contributed by atoms with Crippen LogP contribution in [0.5, 0.6) is 11.5 Å². The van der Waals surface area contributed by atoms with Crippen LogP contribution in [0.1, 0.15) is 22.1 Å². The summed E-state index contributed by atoms with van der Waals surface area (Å²) in [5, 5.41) is 14.0. The highest BCUT2D eigenvalue weighted by Crippen LogP contribution is 2.37. The van der Waals surface area contributed by atoms with Crippen molar-refractivity contribution in [1.82, 2.24) is 5.06 Å². The fraction of sp³-hybridized carbons (Fsp3) is 0.188. The van der Waals surface area contributed by atoms with Crippen LogP contribution in [0.25, 0.3) is 0 Å². The number of nitrogens with zero attached hydrogens (tertiary/aromatic N) is 1. The Bertz CT molecular complexity index is 717. The van der Waals surface area contributed by atoms with Crippen LogP contribution >= 0.6 is 0 Å². The number of hydroxylamine groups is 2. The molecule has 6 nitrogen and oxygen atoms in total. The molecule has 2 N–H and O–H groups in total. The van der Waals surface area contributed by atoms with Crippen molar-refractivity contribution in [1.29, 1.82) is 0 Å². The number of para-hydroxylation sites is 1. The zero-order valence-electron chi connectivity index (χ0n) is 12.2. The Morgan fingerprint density at radius 1 is 1.14 bits per heavy atom. The van der Waals surface area contributed by atoms with Crippen LogP contribution in [0.3, 0.4) is 0 Å². The van der Waals surface area contributed by atoms with Crippen LogP contribution in [-0.4, -0.2) is 30.4 Å². The van der Waals surface area contributed by atoms with E-state index in [0.717, 1.165) is 0 Å². The Balaban J connectivity index is 2.04. The Morgan fingerprint density at radius 3 is 2.64 bits per heavy atom. The van der Waals surface area contributed by atoms with Gasteiger partial charge in [-0.1, -0.05) is 12.1 Å². The van der Waals surface area contributed by atoms with E-state index in [-0.39, 0.29) is 0 Å². The third-order valence-corrected chi connectivity index (χ3v) is 3.64. The summed E-state index contributed by atoms with van der Waals surface area (Å²) in [6.07, 6.45) is -0.733. The highest BCUT2D eigenvalue weighted by atomic mass is 16.5. The summed E-state index contributed by atoms with van der Waals surface area (Å²) in [6.45, 7) is 0. The van der Waals surface area contributed by atoms with E-state index in [2.05, 4.69) is 5.32 Å². The van der Waals surface area contributed by atoms with Gasteiger partial charge in [-0.3, -0.25) is 10.0 Å². The molecular weight excluding hydrogens is 284 g/mol. The summed E-state index contributed by atoms with van der Waals surface area (Å²) in [5.74, 6) is 0.688. The molecule has 2 aromatic rings. The van der Waals surface area contributed by atoms with Crippen LogP contribution in [0.4, 0.5) is 5.69 Å². The summed E-state index contributed by atoms with van der Waals surface area (Å²) in [6, 6.07) is 12.2. The normalized spacial score (nSPS) is 16.8. The molecule has 0 saturated carbocycles. The Labute approximate surface area is 127 Å². The Kier molecular flexibility index (Phi) is 3.60. The van der Waals surface area contributed by atoms with Gasteiger partial charge in [-0.25, -0.2) is 0 Å². The van der Waals surface area contributed by atoms with E-state index in [9.17, 15) is 10.0 Å². The first kappa shape index (κ1) is 14.2. The standard InChI is InChI=1S/C16H16N2O4/c1-21-10-7-8-12(14(9-10)22-2)15-17-13-6-4-3-5-11(13)16(19)18(15)20/h3-9,15,17,20H,1-2H3. The quantitative estimate of drug-likeness (QED) is 0.853. The zero-order valence-corrected chi connectivity index (χ0v) is 12.2. The number of fused-ring (bicyclic) bond motifs is 1. The number of ether oxygens (including phenoxy) is 2. The number of carbonyl (C=O) groups is 1. The molecule has 0 aliphatic carbocycles. The lowest BCUT2D eigenvalue weighted by Gasteiger charge is -2.34.